The van der Waals surface area contributed by atoms with Crippen molar-refractivity contribution >= 4 is 0 Å². The van der Waals surface area contributed by atoms with E-state index in [0.29, 0.717) is 5.92 Å². The molecule has 0 radical (unpaired) electrons. The normalized spacial score (nSPS) is 12.4. The summed E-state index contributed by atoms with van der Waals surface area (Å²) in [6.45, 7) is 18.1. The number of hydrogen-bond donors (Lipinski definition) is 0. The highest BCUT2D eigenvalue weighted by Gasteiger charge is 2.20. The summed E-state index contributed by atoms with van der Waals surface area (Å²) in [4.78, 5) is 0. The third-order valence-corrected chi connectivity index (χ3v) is 2.32. The predicted octanol–water partition coefficient (Wildman–Crippen LogP) is 4.44. The zero-order valence-electron chi connectivity index (χ0n) is 9.35. The van der Waals surface area contributed by atoms with Crippen molar-refractivity contribution < 1.29 is 0 Å². The zero-order chi connectivity index (χ0) is 10.2. The van der Waals surface area contributed by atoms with E-state index in [2.05, 4.69) is 33.9 Å². The minimum Gasteiger partial charge on any atom is -0.103 e. The lowest BCUT2D eigenvalue weighted by atomic mass is 9.78. The van der Waals surface area contributed by atoms with Crippen molar-refractivity contribution in [2.45, 2.75) is 41.0 Å². The number of rotatable bonds is 4. The molecule has 0 nitrogen and oxygen atoms in total. The molecule has 1 atom stereocenters. The molecule has 0 heteroatoms. The van der Waals surface area contributed by atoms with Crippen molar-refractivity contribution in [3.63, 3.8) is 0 Å². The molecule has 0 saturated heterocycles. The van der Waals surface area contributed by atoms with Crippen molar-refractivity contribution in [2.75, 3.05) is 0 Å². The lowest BCUT2D eigenvalue weighted by Crippen LogP contribution is -2.17. The fraction of sp³-hybridized carbons (Fsp3) is 0.667. The minimum atomic E-state index is 0.244. The molecular formula is C12H24. The molecule has 12 heavy (non-hydrogen) atoms. The first-order valence-electron chi connectivity index (χ1n) is 4.79. The number of hydrogen-bond acceptors (Lipinski definition) is 0. The highest BCUT2D eigenvalue weighted by molar-refractivity contribution is 4.93. The van der Waals surface area contributed by atoms with Crippen LogP contribution in [0.1, 0.15) is 41.0 Å². The Kier molecular flexibility index (Phi) is 8.36. The van der Waals surface area contributed by atoms with Crippen LogP contribution in [-0.2, 0) is 0 Å². The van der Waals surface area contributed by atoms with Gasteiger partial charge in [0, 0.05) is 0 Å². The van der Waals surface area contributed by atoms with Gasteiger partial charge >= 0.3 is 0 Å². The van der Waals surface area contributed by atoms with Gasteiger partial charge in [0.15, 0.2) is 0 Å². The third-order valence-electron chi connectivity index (χ3n) is 2.32. The summed E-state index contributed by atoms with van der Waals surface area (Å²) in [5.74, 6) is 0.641. The largest absolute Gasteiger partial charge is 0.103 e. The molecule has 0 N–H and O–H groups in total. The van der Waals surface area contributed by atoms with E-state index in [-0.39, 0.29) is 5.41 Å². The van der Waals surface area contributed by atoms with E-state index >= 15 is 0 Å². The van der Waals surface area contributed by atoms with Gasteiger partial charge in [0.25, 0.3) is 0 Å². The summed E-state index contributed by atoms with van der Waals surface area (Å²) in [6.07, 6.45) is 5.05. The van der Waals surface area contributed by atoms with Crippen molar-refractivity contribution in [1.82, 2.24) is 0 Å². The summed E-state index contributed by atoms with van der Waals surface area (Å²) >= 11 is 0. The Labute approximate surface area is 78.4 Å². The van der Waals surface area contributed by atoms with E-state index < -0.39 is 0 Å². The fourth-order valence-electron chi connectivity index (χ4n) is 0.755. The van der Waals surface area contributed by atoms with Crippen LogP contribution in [0.5, 0.6) is 0 Å². The van der Waals surface area contributed by atoms with Gasteiger partial charge in [0.05, 0.1) is 0 Å². The second kappa shape index (κ2) is 7.15. The van der Waals surface area contributed by atoms with Crippen LogP contribution in [0.15, 0.2) is 25.3 Å². The lowest BCUT2D eigenvalue weighted by molar-refractivity contribution is 0.311. The molecule has 0 amide bonds. The first kappa shape index (κ1) is 14.0. The van der Waals surface area contributed by atoms with Crippen molar-refractivity contribution in [1.29, 1.82) is 0 Å². The van der Waals surface area contributed by atoms with Gasteiger partial charge in [-0.05, 0) is 17.8 Å². The van der Waals surface area contributed by atoms with E-state index in [9.17, 15) is 0 Å². The van der Waals surface area contributed by atoms with Crippen molar-refractivity contribution in [2.24, 2.45) is 11.3 Å². The standard InChI is InChI=1S/C10H18.C2H6/c1-6-8-9(3)10(4,5)7-2;1-2/h6-7,9H,1-2,8H2,3-5H3;1-2H3. The average Bonchev–Trinajstić information content (AvgIpc) is 2.08. The van der Waals surface area contributed by atoms with E-state index in [1.165, 1.54) is 0 Å². The Balaban J connectivity index is 0. The molecule has 0 rings (SSSR count). The quantitative estimate of drug-likeness (QED) is 0.544. The van der Waals surface area contributed by atoms with Crippen LogP contribution in [0.2, 0.25) is 0 Å². The van der Waals surface area contributed by atoms with Crippen LogP contribution in [0, 0.1) is 11.3 Å². The Morgan fingerprint density at radius 2 is 1.67 bits per heavy atom. The Morgan fingerprint density at radius 1 is 1.25 bits per heavy atom. The molecular weight excluding hydrogens is 144 g/mol. The van der Waals surface area contributed by atoms with Gasteiger partial charge in [-0.3, -0.25) is 0 Å². The van der Waals surface area contributed by atoms with Gasteiger partial charge in [-0.2, -0.15) is 0 Å². The maximum atomic E-state index is 3.80. The molecule has 0 aromatic heterocycles. The highest BCUT2D eigenvalue weighted by atomic mass is 14.2. The molecule has 0 aliphatic carbocycles. The Bertz CT molecular complexity index is 120. The van der Waals surface area contributed by atoms with Gasteiger partial charge in [0.1, 0.15) is 0 Å². The molecule has 0 heterocycles. The fourth-order valence-corrected chi connectivity index (χ4v) is 0.755. The Morgan fingerprint density at radius 3 is 1.92 bits per heavy atom. The average molecular weight is 168 g/mol. The van der Waals surface area contributed by atoms with Crippen LogP contribution < -0.4 is 0 Å². The van der Waals surface area contributed by atoms with Crippen molar-refractivity contribution in [3.05, 3.63) is 25.3 Å². The minimum absolute atomic E-state index is 0.244. The van der Waals surface area contributed by atoms with Gasteiger partial charge in [-0.15, -0.1) is 13.2 Å². The first-order chi connectivity index (χ1) is 5.54. The highest BCUT2D eigenvalue weighted by Crippen LogP contribution is 2.29. The smallest absolute Gasteiger partial charge is 0.0149 e. The second-order valence-electron chi connectivity index (χ2n) is 3.45. The lowest BCUT2D eigenvalue weighted by Gasteiger charge is -2.27. The predicted molar refractivity (Wildman–Crippen MR) is 59.3 cm³/mol. The molecule has 0 aliphatic heterocycles. The van der Waals surface area contributed by atoms with E-state index in [1.807, 2.05) is 26.0 Å². The molecule has 0 aliphatic rings. The van der Waals surface area contributed by atoms with Gasteiger partial charge in [0.2, 0.25) is 0 Å². The molecule has 0 aromatic carbocycles. The molecule has 0 fully saturated rings. The van der Waals surface area contributed by atoms with Gasteiger partial charge in [-0.1, -0.05) is 46.8 Å². The maximum Gasteiger partial charge on any atom is -0.0149 e. The summed E-state index contributed by atoms with van der Waals surface area (Å²) in [5.41, 5.74) is 0.244. The third kappa shape index (κ3) is 5.17. The van der Waals surface area contributed by atoms with Crippen LogP contribution in [-0.4, -0.2) is 0 Å². The summed E-state index contributed by atoms with van der Waals surface area (Å²) < 4.78 is 0. The zero-order valence-corrected chi connectivity index (χ0v) is 9.35. The summed E-state index contributed by atoms with van der Waals surface area (Å²) in [7, 11) is 0. The molecule has 72 valence electrons. The molecule has 0 bridgehead atoms. The second-order valence-corrected chi connectivity index (χ2v) is 3.45. The van der Waals surface area contributed by atoms with Crippen LogP contribution in [0.25, 0.3) is 0 Å². The first-order valence-corrected chi connectivity index (χ1v) is 4.79. The van der Waals surface area contributed by atoms with Gasteiger partial charge < -0.3 is 0 Å². The van der Waals surface area contributed by atoms with E-state index in [4.69, 9.17) is 0 Å². The molecule has 0 saturated carbocycles. The molecule has 1 unspecified atom stereocenters. The molecule has 0 aromatic rings. The van der Waals surface area contributed by atoms with Crippen LogP contribution in [0.4, 0.5) is 0 Å². The topological polar surface area (TPSA) is 0 Å². The van der Waals surface area contributed by atoms with E-state index in [1.54, 1.807) is 0 Å². The SMILES string of the molecule is C=CCC(C)C(C)(C)C=C.CC. The van der Waals surface area contributed by atoms with Gasteiger partial charge in [-0.25, -0.2) is 0 Å². The van der Waals surface area contributed by atoms with Crippen LogP contribution in [0.3, 0.4) is 0 Å². The summed E-state index contributed by atoms with van der Waals surface area (Å²) in [6, 6.07) is 0. The summed E-state index contributed by atoms with van der Waals surface area (Å²) in [5, 5.41) is 0. The van der Waals surface area contributed by atoms with Crippen LogP contribution >= 0.6 is 0 Å². The Hall–Kier alpha value is -0.520. The number of allylic oxidation sites excluding steroid dienone is 2. The molecule has 0 spiro atoms. The maximum absolute atomic E-state index is 3.80. The van der Waals surface area contributed by atoms with Crippen molar-refractivity contribution in [3.8, 4) is 0 Å². The van der Waals surface area contributed by atoms with E-state index in [0.717, 1.165) is 6.42 Å². The monoisotopic (exact) mass is 168 g/mol.